The van der Waals surface area contributed by atoms with Gasteiger partial charge in [-0.2, -0.15) is 0 Å². The highest BCUT2D eigenvalue weighted by Gasteiger charge is 2.14. The van der Waals surface area contributed by atoms with E-state index in [0.717, 1.165) is 39.0 Å². The van der Waals surface area contributed by atoms with Gasteiger partial charge in [0.25, 0.3) is 0 Å². The number of fused-ring (bicyclic) bond motifs is 3. The number of rotatable bonds is 3. The van der Waals surface area contributed by atoms with E-state index in [1.165, 1.54) is 5.56 Å². The van der Waals surface area contributed by atoms with Crippen LogP contribution in [0.25, 0.3) is 21.9 Å². The van der Waals surface area contributed by atoms with E-state index in [2.05, 4.69) is 84.6 Å². The molecule has 1 heterocycles. The van der Waals surface area contributed by atoms with Gasteiger partial charge in [-0.05, 0) is 55.0 Å². The maximum atomic E-state index is 6.11. The highest BCUT2D eigenvalue weighted by molar-refractivity contribution is 6.06. The first kappa shape index (κ1) is 15.7. The van der Waals surface area contributed by atoms with Crippen LogP contribution in [0.5, 0.6) is 0 Å². The van der Waals surface area contributed by atoms with Gasteiger partial charge in [-0.3, -0.25) is 0 Å². The quantitative estimate of drug-likeness (QED) is 0.338. The molecule has 0 N–H and O–H groups in total. The van der Waals surface area contributed by atoms with Crippen LogP contribution >= 0.6 is 0 Å². The molecule has 5 aromatic rings. The molecule has 0 spiro atoms. The summed E-state index contributed by atoms with van der Waals surface area (Å²) in [6, 6.07) is 33.6. The first-order valence-electron chi connectivity index (χ1n) is 9.13. The van der Waals surface area contributed by atoms with E-state index < -0.39 is 0 Å². The van der Waals surface area contributed by atoms with E-state index in [1.54, 1.807) is 0 Å². The number of para-hydroxylation sites is 2. The summed E-state index contributed by atoms with van der Waals surface area (Å²) < 4.78 is 6.11. The van der Waals surface area contributed by atoms with Crippen molar-refractivity contribution in [1.82, 2.24) is 0 Å². The zero-order valence-electron chi connectivity index (χ0n) is 15.1. The van der Waals surface area contributed by atoms with Crippen molar-refractivity contribution in [2.75, 3.05) is 4.90 Å². The smallest absolute Gasteiger partial charge is 0.137 e. The third-order valence-electron chi connectivity index (χ3n) is 4.89. The van der Waals surface area contributed by atoms with Crippen LogP contribution in [0.15, 0.2) is 101 Å². The summed E-state index contributed by atoms with van der Waals surface area (Å²) in [6.45, 7) is 2.12. The van der Waals surface area contributed by atoms with Gasteiger partial charge in [0.05, 0.1) is 0 Å². The van der Waals surface area contributed by atoms with Gasteiger partial charge in [0.2, 0.25) is 0 Å². The average molecular weight is 349 g/mol. The lowest BCUT2D eigenvalue weighted by molar-refractivity contribution is 0.669. The first-order chi connectivity index (χ1) is 13.3. The van der Waals surface area contributed by atoms with Crippen molar-refractivity contribution >= 4 is 39.0 Å². The van der Waals surface area contributed by atoms with Crippen molar-refractivity contribution in [2.24, 2.45) is 0 Å². The molecular weight excluding hydrogens is 330 g/mol. The van der Waals surface area contributed by atoms with Crippen LogP contribution in [0.3, 0.4) is 0 Å². The fourth-order valence-corrected chi connectivity index (χ4v) is 3.65. The molecule has 27 heavy (non-hydrogen) atoms. The van der Waals surface area contributed by atoms with Crippen molar-refractivity contribution in [3.8, 4) is 0 Å². The molecule has 4 aromatic carbocycles. The second-order valence-electron chi connectivity index (χ2n) is 6.79. The lowest BCUT2D eigenvalue weighted by atomic mass is 10.1. The largest absolute Gasteiger partial charge is 0.456 e. The molecule has 2 heteroatoms. The Morgan fingerprint density at radius 1 is 0.556 bits per heavy atom. The maximum absolute atomic E-state index is 6.11. The second-order valence-corrected chi connectivity index (χ2v) is 6.79. The molecule has 0 aliphatic heterocycles. The van der Waals surface area contributed by atoms with Crippen LogP contribution in [0.4, 0.5) is 17.1 Å². The summed E-state index contributed by atoms with van der Waals surface area (Å²) >= 11 is 0. The van der Waals surface area contributed by atoms with Crippen LogP contribution in [-0.2, 0) is 0 Å². The Balaban J connectivity index is 1.72. The van der Waals surface area contributed by atoms with Crippen molar-refractivity contribution in [3.05, 3.63) is 103 Å². The highest BCUT2D eigenvalue weighted by atomic mass is 16.3. The maximum Gasteiger partial charge on any atom is 0.137 e. The summed E-state index contributed by atoms with van der Waals surface area (Å²) in [5.41, 5.74) is 6.40. The molecule has 130 valence electrons. The highest BCUT2D eigenvalue weighted by Crippen LogP contribution is 2.38. The van der Waals surface area contributed by atoms with Gasteiger partial charge in [0.15, 0.2) is 0 Å². The van der Waals surface area contributed by atoms with Crippen LogP contribution < -0.4 is 4.90 Å². The van der Waals surface area contributed by atoms with E-state index in [0.29, 0.717) is 0 Å². The Bertz CT molecular complexity index is 1240. The van der Waals surface area contributed by atoms with Crippen LogP contribution in [0.2, 0.25) is 0 Å². The van der Waals surface area contributed by atoms with Gasteiger partial charge < -0.3 is 9.32 Å². The Morgan fingerprint density at radius 3 is 2.11 bits per heavy atom. The Kier molecular flexibility index (Phi) is 3.68. The monoisotopic (exact) mass is 349 g/mol. The number of hydrogen-bond donors (Lipinski definition) is 0. The molecule has 0 aliphatic carbocycles. The number of benzene rings is 4. The summed E-state index contributed by atoms with van der Waals surface area (Å²) in [6.07, 6.45) is 0. The average Bonchev–Trinajstić information content (AvgIpc) is 3.07. The van der Waals surface area contributed by atoms with E-state index in [-0.39, 0.29) is 0 Å². The van der Waals surface area contributed by atoms with E-state index in [1.807, 2.05) is 24.3 Å². The number of aryl methyl sites for hydroxylation is 1. The molecule has 1 aromatic heterocycles. The number of anilines is 3. The first-order valence-corrected chi connectivity index (χ1v) is 9.13. The van der Waals surface area contributed by atoms with Crippen LogP contribution in [0.1, 0.15) is 5.56 Å². The van der Waals surface area contributed by atoms with Gasteiger partial charge >= 0.3 is 0 Å². The SMILES string of the molecule is Cc1cccc(N(c2ccccc2)c2ccc3c(c2)oc2ccccc23)c1. The molecule has 0 amide bonds. The van der Waals surface area contributed by atoms with Gasteiger partial charge in [-0.1, -0.05) is 48.5 Å². The zero-order chi connectivity index (χ0) is 18.2. The molecule has 5 rings (SSSR count). The molecule has 0 saturated heterocycles. The van der Waals surface area contributed by atoms with Crippen molar-refractivity contribution in [1.29, 1.82) is 0 Å². The number of furan rings is 1. The molecule has 0 bridgehead atoms. The molecule has 0 atom stereocenters. The van der Waals surface area contributed by atoms with Gasteiger partial charge in [0, 0.05) is 33.9 Å². The van der Waals surface area contributed by atoms with Crippen molar-refractivity contribution in [2.45, 2.75) is 6.92 Å². The summed E-state index contributed by atoms with van der Waals surface area (Å²) in [5.74, 6) is 0. The van der Waals surface area contributed by atoms with E-state index in [4.69, 9.17) is 4.42 Å². The fraction of sp³-hybridized carbons (Fsp3) is 0.0400. The Labute approximate surface area is 158 Å². The standard InChI is InChI=1S/C25H19NO/c1-18-8-7-11-20(16-18)26(19-9-3-2-4-10-19)21-14-15-23-22-12-5-6-13-24(22)27-25(23)17-21/h2-17H,1H3. The predicted octanol–water partition coefficient (Wildman–Crippen LogP) is 7.36. The fourth-order valence-electron chi connectivity index (χ4n) is 3.65. The Hall–Kier alpha value is -3.52. The van der Waals surface area contributed by atoms with Crippen molar-refractivity contribution < 1.29 is 4.42 Å². The topological polar surface area (TPSA) is 16.4 Å². The lowest BCUT2D eigenvalue weighted by Crippen LogP contribution is -2.09. The Morgan fingerprint density at radius 2 is 1.26 bits per heavy atom. The molecule has 0 radical (unpaired) electrons. The van der Waals surface area contributed by atoms with Gasteiger partial charge in [0.1, 0.15) is 11.2 Å². The number of nitrogens with zero attached hydrogens (tertiary/aromatic N) is 1. The summed E-state index contributed by atoms with van der Waals surface area (Å²) in [4.78, 5) is 2.26. The van der Waals surface area contributed by atoms with Crippen LogP contribution in [0, 0.1) is 6.92 Å². The lowest BCUT2D eigenvalue weighted by Gasteiger charge is -2.25. The van der Waals surface area contributed by atoms with E-state index in [9.17, 15) is 0 Å². The minimum Gasteiger partial charge on any atom is -0.456 e. The second kappa shape index (κ2) is 6.33. The summed E-state index contributed by atoms with van der Waals surface area (Å²) in [5, 5.41) is 2.30. The summed E-state index contributed by atoms with van der Waals surface area (Å²) in [7, 11) is 0. The predicted molar refractivity (Wildman–Crippen MR) is 113 cm³/mol. The molecule has 0 saturated carbocycles. The van der Waals surface area contributed by atoms with Gasteiger partial charge in [-0.15, -0.1) is 0 Å². The van der Waals surface area contributed by atoms with Crippen LogP contribution in [-0.4, -0.2) is 0 Å². The zero-order valence-corrected chi connectivity index (χ0v) is 15.1. The van der Waals surface area contributed by atoms with E-state index >= 15 is 0 Å². The number of hydrogen-bond acceptors (Lipinski definition) is 2. The van der Waals surface area contributed by atoms with Crippen molar-refractivity contribution in [3.63, 3.8) is 0 Å². The molecular formula is C25H19NO. The minimum atomic E-state index is 0.905. The molecule has 0 unspecified atom stereocenters. The molecule has 2 nitrogen and oxygen atoms in total. The third kappa shape index (κ3) is 2.76. The molecule has 0 fully saturated rings. The normalized spacial score (nSPS) is 11.1. The minimum absolute atomic E-state index is 0.905. The third-order valence-corrected chi connectivity index (χ3v) is 4.89. The molecule has 0 aliphatic rings. The van der Waals surface area contributed by atoms with Gasteiger partial charge in [-0.25, -0.2) is 0 Å².